The molecule has 0 aromatic carbocycles. The molecule has 0 radical (unpaired) electrons. The molecule has 0 bridgehead atoms. The molecule has 0 aromatic rings. The third-order valence-corrected chi connectivity index (χ3v) is 3.89. The first kappa shape index (κ1) is 13.3. The highest BCUT2D eigenvalue weighted by Gasteiger charge is 2.23. The Morgan fingerprint density at radius 3 is 2.33 bits per heavy atom. The minimum Gasteiger partial charge on any atom is -0.312 e. The molecule has 15 heavy (non-hydrogen) atoms. The molecule has 0 saturated heterocycles. The van der Waals surface area contributed by atoms with E-state index in [1.165, 1.54) is 31.6 Å². The zero-order chi connectivity index (χ0) is 11.3. The van der Waals surface area contributed by atoms with E-state index in [1.807, 2.05) is 11.8 Å². The van der Waals surface area contributed by atoms with E-state index >= 15 is 0 Å². The summed E-state index contributed by atoms with van der Waals surface area (Å²) in [7, 11) is 2.26. The summed E-state index contributed by atoms with van der Waals surface area (Å²) in [5.74, 6) is 1.17. The second kappa shape index (κ2) is 6.77. The largest absolute Gasteiger partial charge is 0.312 e. The van der Waals surface area contributed by atoms with Gasteiger partial charge in [-0.25, -0.2) is 0 Å². The molecule has 2 nitrogen and oxygen atoms in total. The molecule has 0 amide bonds. The minimum absolute atomic E-state index is 0.635. The Morgan fingerprint density at radius 1 is 1.27 bits per heavy atom. The first-order chi connectivity index (χ1) is 7.13. The number of rotatable bonds is 5. The van der Waals surface area contributed by atoms with Crippen molar-refractivity contribution in [3.05, 3.63) is 0 Å². The molecule has 1 aliphatic carbocycles. The van der Waals surface area contributed by atoms with E-state index in [0.717, 1.165) is 12.1 Å². The fourth-order valence-corrected chi connectivity index (χ4v) is 3.08. The lowest BCUT2D eigenvalue weighted by Crippen LogP contribution is -2.42. The summed E-state index contributed by atoms with van der Waals surface area (Å²) in [5, 5.41) is 3.65. The van der Waals surface area contributed by atoms with Crippen LogP contribution in [0.15, 0.2) is 0 Å². The zero-order valence-electron chi connectivity index (χ0n) is 10.6. The van der Waals surface area contributed by atoms with Crippen LogP contribution in [0.2, 0.25) is 0 Å². The van der Waals surface area contributed by atoms with Crippen LogP contribution in [0.3, 0.4) is 0 Å². The number of nitrogens with zero attached hydrogens (tertiary/aromatic N) is 1. The quantitative estimate of drug-likeness (QED) is 0.731. The standard InChI is InChI=1S/C12H26N2S/c1-10(2)13-11-5-7-12(8-6-11)14(3)9-15-4/h10-13H,5-9H2,1-4H3. The highest BCUT2D eigenvalue weighted by molar-refractivity contribution is 7.98. The van der Waals surface area contributed by atoms with Gasteiger partial charge in [0.1, 0.15) is 0 Å². The number of hydrogen-bond donors (Lipinski definition) is 1. The summed E-state index contributed by atoms with van der Waals surface area (Å²) in [6, 6.07) is 2.22. The summed E-state index contributed by atoms with van der Waals surface area (Å²) in [6.07, 6.45) is 7.61. The van der Waals surface area contributed by atoms with Crippen LogP contribution in [0.5, 0.6) is 0 Å². The van der Waals surface area contributed by atoms with Gasteiger partial charge in [0.05, 0.1) is 0 Å². The normalized spacial score (nSPS) is 27.6. The van der Waals surface area contributed by atoms with Gasteiger partial charge in [-0.2, -0.15) is 0 Å². The molecular formula is C12H26N2S. The van der Waals surface area contributed by atoms with Crippen molar-refractivity contribution in [2.75, 3.05) is 19.2 Å². The Bertz CT molecular complexity index is 165. The second-order valence-corrected chi connectivity index (χ2v) is 5.84. The van der Waals surface area contributed by atoms with Gasteiger partial charge in [-0.15, -0.1) is 11.8 Å². The average Bonchev–Trinajstić information content (AvgIpc) is 2.18. The van der Waals surface area contributed by atoms with Crippen molar-refractivity contribution in [2.24, 2.45) is 0 Å². The highest BCUT2D eigenvalue weighted by Crippen LogP contribution is 2.23. The first-order valence-electron chi connectivity index (χ1n) is 6.08. The molecule has 0 heterocycles. The van der Waals surface area contributed by atoms with Crippen LogP contribution in [-0.2, 0) is 0 Å². The fourth-order valence-electron chi connectivity index (χ4n) is 2.46. The molecule has 0 unspecified atom stereocenters. The molecular weight excluding hydrogens is 204 g/mol. The highest BCUT2D eigenvalue weighted by atomic mass is 32.2. The van der Waals surface area contributed by atoms with E-state index in [2.05, 4.69) is 37.4 Å². The summed E-state index contributed by atoms with van der Waals surface area (Å²) in [4.78, 5) is 2.51. The van der Waals surface area contributed by atoms with Gasteiger partial charge < -0.3 is 5.32 Å². The molecule has 1 N–H and O–H groups in total. The van der Waals surface area contributed by atoms with E-state index < -0.39 is 0 Å². The van der Waals surface area contributed by atoms with Gasteiger partial charge >= 0.3 is 0 Å². The van der Waals surface area contributed by atoms with Crippen molar-refractivity contribution in [3.8, 4) is 0 Å². The Labute approximate surface area is 99.2 Å². The maximum absolute atomic E-state index is 3.65. The van der Waals surface area contributed by atoms with Crippen molar-refractivity contribution in [1.29, 1.82) is 0 Å². The van der Waals surface area contributed by atoms with E-state index in [0.29, 0.717) is 6.04 Å². The van der Waals surface area contributed by atoms with Gasteiger partial charge in [0.15, 0.2) is 0 Å². The zero-order valence-corrected chi connectivity index (χ0v) is 11.4. The Hall–Kier alpha value is 0.270. The molecule has 3 heteroatoms. The smallest absolute Gasteiger partial charge is 0.0441 e. The Kier molecular flexibility index (Phi) is 6.02. The number of nitrogens with one attached hydrogen (secondary N) is 1. The van der Waals surface area contributed by atoms with Crippen LogP contribution in [0.4, 0.5) is 0 Å². The van der Waals surface area contributed by atoms with Gasteiger partial charge in [-0.3, -0.25) is 4.90 Å². The van der Waals surface area contributed by atoms with Crippen LogP contribution in [0.25, 0.3) is 0 Å². The minimum atomic E-state index is 0.635. The number of thioether (sulfide) groups is 1. The second-order valence-electron chi connectivity index (χ2n) is 5.00. The van der Waals surface area contributed by atoms with Crippen molar-refractivity contribution < 1.29 is 0 Å². The van der Waals surface area contributed by atoms with E-state index in [4.69, 9.17) is 0 Å². The maximum atomic E-state index is 3.65. The lowest BCUT2D eigenvalue weighted by atomic mass is 9.90. The van der Waals surface area contributed by atoms with Gasteiger partial charge in [-0.1, -0.05) is 13.8 Å². The van der Waals surface area contributed by atoms with E-state index in [9.17, 15) is 0 Å². The maximum Gasteiger partial charge on any atom is 0.0441 e. The van der Waals surface area contributed by atoms with Crippen molar-refractivity contribution in [1.82, 2.24) is 10.2 Å². The molecule has 1 rings (SSSR count). The summed E-state index contributed by atoms with van der Waals surface area (Å²) in [5.41, 5.74) is 0. The van der Waals surface area contributed by atoms with Gasteiger partial charge in [0.2, 0.25) is 0 Å². The van der Waals surface area contributed by atoms with Crippen LogP contribution < -0.4 is 5.32 Å². The molecule has 1 aliphatic rings. The lowest BCUT2D eigenvalue weighted by molar-refractivity contribution is 0.194. The molecule has 0 atom stereocenters. The third kappa shape index (κ3) is 4.75. The van der Waals surface area contributed by atoms with Crippen LogP contribution >= 0.6 is 11.8 Å². The summed E-state index contributed by atoms with van der Waals surface area (Å²) >= 11 is 1.93. The topological polar surface area (TPSA) is 15.3 Å². The molecule has 1 fully saturated rings. The van der Waals surface area contributed by atoms with E-state index in [-0.39, 0.29) is 0 Å². The van der Waals surface area contributed by atoms with Crippen LogP contribution in [0, 0.1) is 0 Å². The summed E-state index contributed by atoms with van der Waals surface area (Å²) < 4.78 is 0. The van der Waals surface area contributed by atoms with Gasteiger partial charge in [0.25, 0.3) is 0 Å². The molecule has 1 saturated carbocycles. The van der Waals surface area contributed by atoms with Crippen LogP contribution in [-0.4, -0.2) is 42.2 Å². The van der Waals surface area contributed by atoms with Gasteiger partial charge in [0, 0.05) is 24.0 Å². The fraction of sp³-hybridized carbons (Fsp3) is 1.00. The summed E-state index contributed by atoms with van der Waals surface area (Å²) in [6.45, 7) is 4.48. The van der Waals surface area contributed by atoms with Crippen molar-refractivity contribution in [3.63, 3.8) is 0 Å². The SMILES string of the molecule is CSCN(C)C1CCC(NC(C)C)CC1. The predicted octanol–water partition coefficient (Wildman–Crippen LogP) is 2.55. The molecule has 90 valence electrons. The predicted molar refractivity (Wildman–Crippen MR) is 70.5 cm³/mol. The first-order valence-corrected chi connectivity index (χ1v) is 7.48. The van der Waals surface area contributed by atoms with Crippen molar-refractivity contribution >= 4 is 11.8 Å². The van der Waals surface area contributed by atoms with E-state index in [1.54, 1.807) is 0 Å². The average molecular weight is 230 g/mol. The molecule has 0 aromatic heterocycles. The lowest BCUT2D eigenvalue weighted by Gasteiger charge is -2.35. The van der Waals surface area contributed by atoms with Gasteiger partial charge in [-0.05, 0) is 39.0 Å². The molecule has 0 spiro atoms. The van der Waals surface area contributed by atoms with Crippen molar-refractivity contribution in [2.45, 2.75) is 57.7 Å². The van der Waals surface area contributed by atoms with Crippen LogP contribution in [0.1, 0.15) is 39.5 Å². The number of hydrogen-bond acceptors (Lipinski definition) is 3. The Morgan fingerprint density at radius 2 is 1.87 bits per heavy atom. The molecule has 0 aliphatic heterocycles. The monoisotopic (exact) mass is 230 g/mol. The third-order valence-electron chi connectivity index (χ3n) is 3.22. The Balaban J connectivity index is 2.23.